The summed E-state index contributed by atoms with van der Waals surface area (Å²) in [5.74, 6) is 0.129. The van der Waals surface area contributed by atoms with E-state index in [1.807, 2.05) is 49.5 Å². The van der Waals surface area contributed by atoms with Gasteiger partial charge >= 0.3 is 0 Å². The number of guanidine groups is 1. The highest BCUT2D eigenvalue weighted by Gasteiger charge is 2.10. The number of anilines is 1. The number of hydrogen-bond acceptors (Lipinski definition) is 2. The number of amides is 1. The van der Waals surface area contributed by atoms with Gasteiger partial charge in [0, 0.05) is 39.9 Å². The number of nitrogens with one attached hydrogen (secondary N) is 3. The summed E-state index contributed by atoms with van der Waals surface area (Å²) in [5.41, 5.74) is 4.74. The lowest BCUT2D eigenvalue weighted by atomic mass is 10.1. The van der Waals surface area contributed by atoms with Crippen molar-refractivity contribution in [2.75, 3.05) is 11.9 Å². The van der Waals surface area contributed by atoms with E-state index in [2.05, 4.69) is 32.7 Å². The van der Waals surface area contributed by atoms with E-state index < -0.39 is 0 Å². The first-order valence-corrected chi connectivity index (χ1v) is 10.5. The number of fused-ring (bicyclic) bond motifs is 1. The van der Waals surface area contributed by atoms with Gasteiger partial charge in [-0.05, 0) is 60.9 Å². The number of aromatic amines is 1. The van der Waals surface area contributed by atoms with E-state index in [9.17, 15) is 4.79 Å². The number of halogens is 1. The molecule has 0 radical (unpaired) electrons. The van der Waals surface area contributed by atoms with Crippen LogP contribution in [0.2, 0.25) is 5.02 Å². The molecule has 3 aromatic carbocycles. The van der Waals surface area contributed by atoms with Gasteiger partial charge < -0.3 is 10.3 Å². The second-order valence-electron chi connectivity index (χ2n) is 7.30. The van der Waals surface area contributed by atoms with Gasteiger partial charge in [0.15, 0.2) is 0 Å². The fourth-order valence-corrected chi connectivity index (χ4v) is 3.60. The van der Waals surface area contributed by atoms with E-state index in [1.54, 1.807) is 24.3 Å². The molecule has 0 saturated heterocycles. The molecule has 0 bridgehead atoms. The molecular formula is C25H23ClN4O. The number of carbonyl (C=O) groups is 1. The second kappa shape index (κ2) is 9.49. The average molecular weight is 431 g/mol. The number of nitrogens with zero attached hydrogens (tertiary/aromatic N) is 1. The van der Waals surface area contributed by atoms with Gasteiger partial charge in [-0.15, -0.1) is 0 Å². The molecule has 0 aliphatic rings. The fraction of sp³-hybridized carbons (Fsp3) is 0.120. The molecule has 4 aromatic rings. The van der Waals surface area contributed by atoms with Crippen molar-refractivity contribution in [2.45, 2.75) is 13.3 Å². The van der Waals surface area contributed by atoms with Crippen molar-refractivity contribution in [3.8, 4) is 0 Å². The lowest BCUT2D eigenvalue weighted by molar-refractivity contribution is 0.0977. The maximum atomic E-state index is 12.7. The Labute approximate surface area is 186 Å². The van der Waals surface area contributed by atoms with Gasteiger partial charge in [0.1, 0.15) is 0 Å². The molecule has 1 heterocycles. The third-order valence-corrected chi connectivity index (χ3v) is 5.16. The molecule has 0 aliphatic carbocycles. The molecule has 0 saturated carbocycles. The number of rotatable bonds is 5. The van der Waals surface area contributed by atoms with Crippen LogP contribution in [-0.4, -0.2) is 23.4 Å². The predicted octanol–water partition coefficient (Wildman–Crippen LogP) is 5.57. The van der Waals surface area contributed by atoms with E-state index >= 15 is 0 Å². The third kappa shape index (κ3) is 5.32. The molecular weight excluding hydrogens is 408 g/mol. The zero-order valence-corrected chi connectivity index (χ0v) is 17.9. The highest BCUT2D eigenvalue weighted by atomic mass is 35.5. The van der Waals surface area contributed by atoms with Crippen LogP contribution in [0.4, 0.5) is 5.69 Å². The van der Waals surface area contributed by atoms with Crippen LogP contribution >= 0.6 is 11.6 Å². The Morgan fingerprint density at radius 3 is 2.71 bits per heavy atom. The van der Waals surface area contributed by atoms with Crippen LogP contribution in [0, 0.1) is 6.92 Å². The van der Waals surface area contributed by atoms with E-state index in [0.29, 0.717) is 23.1 Å². The Kier molecular flexibility index (Phi) is 6.34. The molecule has 5 nitrogen and oxygen atoms in total. The van der Waals surface area contributed by atoms with Crippen LogP contribution in [0.5, 0.6) is 0 Å². The van der Waals surface area contributed by atoms with Crippen LogP contribution in [0.15, 0.2) is 84.0 Å². The standard InChI is InChI=1S/C25H23ClN4O/c1-17-6-4-9-21(14-17)29-25(30-24(31)18-7-5-8-20(26)15-18)27-13-12-19-16-28-23-11-3-2-10-22(19)23/h2-11,14-16,28H,12-13H2,1H3,(H2,27,29,30,31). The van der Waals surface area contributed by atoms with Crippen LogP contribution in [0.1, 0.15) is 21.5 Å². The van der Waals surface area contributed by atoms with Crippen LogP contribution in [-0.2, 0) is 6.42 Å². The van der Waals surface area contributed by atoms with E-state index in [0.717, 1.165) is 23.2 Å². The number of aliphatic imine (C=N–C) groups is 1. The van der Waals surface area contributed by atoms with Gasteiger partial charge in [-0.25, -0.2) is 0 Å². The molecule has 0 fully saturated rings. The van der Waals surface area contributed by atoms with Crippen molar-refractivity contribution in [3.63, 3.8) is 0 Å². The maximum Gasteiger partial charge on any atom is 0.258 e. The minimum Gasteiger partial charge on any atom is -0.361 e. The summed E-state index contributed by atoms with van der Waals surface area (Å²) in [4.78, 5) is 20.7. The molecule has 0 spiro atoms. The van der Waals surface area contributed by atoms with Gasteiger partial charge in [0.25, 0.3) is 5.91 Å². The minimum atomic E-state index is -0.270. The second-order valence-corrected chi connectivity index (χ2v) is 7.74. The van der Waals surface area contributed by atoms with Gasteiger partial charge in [0.2, 0.25) is 5.96 Å². The molecule has 3 N–H and O–H groups in total. The topological polar surface area (TPSA) is 69.3 Å². The van der Waals surface area contributed by atoms with E-state index in [-0.39, 0.29) is 5.91 Å². The fourth-order valence-electron chi connectivity index (χ4n) is 3.41. The molecule has 1 amide bonds. The van der Waals surface area contributed by atoms with Crippen LogP contribution in [0.25, 0.3) is 10.9 Å². The van der Waals surface area contributed by atoms with Crippen molar-refractivity contribution in [2.24, 2.45) is 4.99 Å². The summed E-state index contributed by atoms with van der Waals surface area (Å²) in [7, 11) is 0. The Morgan fingerprint density at radius 1 is 1.03 bits per heavy atom. The molecule has 6 heteroatoms. The van der Waals surface area contributed by atoms with Crippen LogP contribution in [0.3, 0.4) is 0 Å². The summed E-state index contributed by atoms with van der Waals surface area (Å²) in [5, 5.41) is 7.81. The number of para-hydroxylation sites is 1. The van der Waals surface area contributed by atoms with Gasteiger partial charge in [-0.1, -0.05) is 48.0 Å². The van der Waals surface area contributed by atoms with E-state index in [4.69, 9.17) is 11.6 Å². The number of aryl methyl sites for hydroxylation is 1. The molecule has 156 valence electrons. The van der Waals surface area contributed by atoms with Gasteiger partial charge in [0.05, 0.1) is 0 Å². The SMILES string of the molecule is Cc1cccc(NC(=NCCc2c[nH]c3ccccc23)NC(=O)c2cccc(Cl)c2)c1. The summed E-state index contributed by atoms with van der Waals surface area (Å²) < 4.78 is 0. The summed E-state index contributed by atoms with van der Waals surface area (Å²) in [6, 6.07) is 22.9. The largest absolute Gasteiger partial charge is 0.361 e. The summed E-state index contributed by atoms with van der Waals surface area (Å²) >= 11 is 6.03. The normalized spacial score (nSPS) is 11.5. The maximum absolute atomic E-state index is 12.7. The zero-order valence-electron chi connectivity index (χ0n) is 17.2. The average Bonchev–Trinajstić information content (AvgIpc) is 3.17. The highest BCUT2D eigenvalue weighted by Crippen LogP contribution is 2.18. The smallest absolute Gasteiger partial charge is 0.258 e. The van der Waals surface area contributed by atoms with Gasteiger partial charge in [-0.2, -0.15) is 0 Å². The van der Waals surface area contributed by atoms with Gasteiger partial charge in [-0.3, -0.25) is 15.1 Å². The lowest BCUT2D eigenvalue weighted by Crippen LogP contribution is -2.36. The molecule has 0 aliphatic heterocycles. The Bertz CT molecular complexity index is 1250. The minimum absolute atomic E-state index is 0.270. The summed E-state index contributed by atoms with van der Waals surface area (Å²) in [6.07, 6.45) is 2.76. The molecule has 0 atom stereocenters. The molecule has 4 rings (SSSR count). The first-order valence-electron chi connectivity index (χ1n) is 10.1. The molecule has 0 unspecified atom stereocenters. The van der Waals surface area contributed by atoms with E-state index in [1.165, 1.54) is 10.9 Å². The van der Waals surface area contributed by atoms with Crippen molar-refractivity contribution in [1.82, 2.24) is 10.3 Å². The first kappa shape index (κ1) is 20.7. The lowest BCUT2D eigenvalue weighted by Gasteiger charge is -2.12. The number of hydrogen-bond donors (Lipinski definition) is 3. The third-order valence-electron chi connectivity index (χ3n) is 4.93. The summed E-state index contributed by atoms with van der Waals surface area (Å²) in [6.45, 7) is 2.54. The van der Waals surface area contributed by atoms with Crippen molar-refractivity contribution in [1.29, 1.82) is 0 Å². The number of carbonyl (C=O) groups excluding carboxylic acids is 1. The Morgan fingerprint density at radius 2 is 1.87 bits per heavy atom. The zero-order chi connectivity index (χ0) is 21.6. The molecule has 1 aromatic heterocycles. The van der Waals surface area contributed by atoms with Crippen LogP contribution < -0.4 is 10.6 Å². The Balaban J connectivity index is 1.52. The highest BCUT2D eigenvalue weighted by molar-refractivity contribution is 6.31. The van der Waals surface area contributed by atoms with Crippen molar-refractivity contribution in [3.05, 3.63) is 101 Å². The number of H-pyrrole nitrogens is 1. The molecule has 31 heavy (non-hydrogen) atoms. The Hall–Kier alpha value is -3.57. The number of benzene rings is 3. The monoisotopic (exact) mass is 430 g/mol. The quantitative estimate of drug-likeness (QED) is 0.286. The van der Waals surface area contributed by atoms with Crippen molar-refractivity contribution >= 4 is 40.1 Å². The predicted molar refractivity (Wildman–Crippen MR) is 128 cm³/mol. The van der Waals surface area contributed by atoms with Crippen molar-refractivity contribution < 1.29 is 4.79 Å². The number of aromatic nitrogens is 1. The first-order chi connectivity index (χ1) is 15.1.